The largest absolute Gasteiger partial charge is 0.491 e. The molecular formula is C18H20N4O. The molecule has 0 amide bonds. The number of nitrogens with one attached hydrogen (secondary N) is 2. The molecule has 118 valence electrons. The van der Waals surface area contributed by atoms with Gasteiger partial charge in [0.1, 0.15) is 5.75 Å². The molecule has 0 atom stereocenters. The molecule has 0 aliphatic rings. The number of hydrogen-bond donors (Lipinski definition) is 2. The first-order valence-corrected chi connectivity index (χ1v) is 7.64. The molecule has 3 aromatic rings. The number of imidazole rings is 1. The topological polar surface area (TPSA) is 62.3 Å². The number of benzene rings is 2. The molecule has 1 aromatic heterocycles. The van der Waals surface area contributed by atoms with E-state index in [4.69, 9.17) is 4.74 Å². The molecule has 0 unspecified atom stereocenters. The van der Waals surface area contributed by atoms with Gasteiger partial charge in [0.25, 0.3) is 0 Å². The Kier molecular flexibility index (Phi) is 4.28. The molecule has 3 rings (SSSR count). The van der Waals surface area contributed by atoms with Gasteiger partial charge in [0, 0.05) is 0 Å². The third kappa shape index (κ3) is 3.69. The lowest BCUT2D eigenvalue weighted by Gasteiger charge is -2.10. The van der Waals surface area contributed by atoms with Crippen molar-refractivity contribution in [2.24, 2.45) is 5.10 Å². The van der Waals surface area contributed by atoms with E-state index in [1.54, 1.807) is 0 Å². The van der Waals surface area contributed by atoms with Crippen LogP contribution in [0.25, 0.3) is 11.0 Å². The van der Waals surface area contributed by atoms with E-state index in [1.807, 2.05) is 69.3 Å². The average molecular weight is 308 g/mol. The lowest BCUT2D eigenvalue weighted by Crippen LogP contribution is -2.06. The van der Waals surface area contributed by atoms with Crippen molar-refractivity contribution in [2.45, 2.75) is 26.9 Å². The van der Waals surface area contributed by atoms with Crippen molar-refractivity contribution in [3.63, 3.8) is 0 Å². The summed E-state index contributed by atoms with van der Waals surface area (Å²) in [6.07, 6.45) is 0.172. The first kappa shape index (κ1) is 15.1. The van der Waals surface area contributed by atoms with Gasteiger partial charge in [-0.2, -0.15) is 5.10 Å². The van der Waals surface area contributed by atoms with Crippen molar-refractivity contribution in [1.82, 2.24) is 9.97 Å². The SMILES string of the molecule is C/C(=N/Nc1nc2ccccc2[nH]1)c1ccc(OC(C)C)cc1. The quantitative estimate of drug-likeness (QED) is 0.549. The second-order valence-electron chi connectivity index (χ2n) is 5.60. The maximum absolute atomic E-state index is 5.64. The molecule has 5 nitrogen and oxygen atoms in total. The van der Waals surface area contributed by atoms with E-state index in [-0.39, 0.29) is 6.10 Å². The Morgan fingerprint density at radius 1 is 1.13 bits per heavy atom. The van der Waals surface area contributed by atoms with Crippen LogP contribution in [0.1, 0.15) is 26.3 Å². The van der Waals surface area contributed by atoms with Crippen LogP contribution in [0.2, 0.25) is 0 Å². The predicted octanol–water partition coefficient (Wildman–Crippen LogP) is 4.19. The molecule has 0 spiro atoms. The zero-order chi connectivity index (χ0) is 16.2. The first-order chi connectivity index (χ1) is 11.1. The molecule has 0 fully saturated rings. The lowest BCUT2D eigenvalue weighted by molar-refractivity contribution is 0.242. The fourth-order valence-electron chi connectivity index (χ4n) is 2.25. The number of aromatic nitrogens is 2. The van der Waals surface area contributed by atoms with Gasteiger partial charge in [0.2, 0.25) is 5.95 Å². The van der Waals surface area contributed by atoms with Gasteiger partial charge >= 0.3 is 0 Å². The van der Waals surface area contributed by atoms with E-state index < -0.39 is 0 Å². The molecule has 5 heteroatoms. The summed E-state index contributed by atoms with van der Waals surface area (Å²) in [4.78, 5) is 7.62. The number of para-hydroxylation sites is 2. The highest BCUT2D eigenvalue weighted by Crippen LogP contribution is 2.16. The van der Waals surface area contributed by atoms with Crippen LogP contribution in [-0.2, 0) is 0 Å². The molecule has 2 aromatic carbocycles. The third-order valence-corrected chi connectivity index (χ3v) is 3.36. The van der Waals surface area contributed by atoms with Crippen LogP contribution in [0.4, 0.5) is 5.95 Å². The number of aromatic amines is 1. The fourth-order valence-corrected chi connectivity index (χ4v) is 2.25. The zero-order valence-electron chi connectivity index (χ0n) is 13.5. The van der Waals surface area contributed by atoms with Gasteiger partial charge in [-0.05, 0) is 62.7 Å². The van der Waals surface area contributed by atoms with Crippen LogP contribution in [0, 0.1) is 0 Å². The highest BCUT2D eigenvalue weighted by atomic mass is 16.5. The standard InChI is InChI=1S/C18H20N4O/c1-12(2)23-15-10-8-14(9-11-15)13(3)21-22-18-19-16-6-4-5-7-17(16)20-18/h4-12H,1-3H3,(H2,19,20,22)/b21-13-. The Balaban J connectivity index is 1.71. The summed E-state index contributed by atoms with van der Waals surface area (Å²) in [5, 5.41) is 4.38. The Morgan fingerprint density at radius 2 is 1.87 bits per heavy atom. The Bertz CT molecular complexity index is 785. The van der Waals surface area contributed by atoms with E-state index in [9.17, 15) is 0 Å². The minimum absolute atomic E-state index is 0.172. The van der Waals surface area contributed by atoms with Gasteiger partial charge in [-0.25, -0.2) is 10.4 Å². The highest BCUT2D eigenvalue weighted by Gasteiger charge is 2.03. The summed E-state index contributed by atoms with van der Waals surface area (Å²) in [7, 11) is 0. The summed E-state index contributed by atoms with van der Waals surface area (Å²) in [6, 6.07) is 15.8. The number of hydrazone groups is 1. The Hall–Kier alpha value is -2.82. The van der Waals surface area contributed by atoms with E-state index in [1.165, 1.54) is 0 Å². The molecule has 1 heterocycles. The van der Waals surface area contributed by atoms with Crippen LogP contribution in [-0.4, -0.2) is 21.8 Å². The van der Waals surface area contributed by atoms with Gasteiger partial charge in [0.15, 0.2) is 0 Å². The number of hydrogen-bond acceptors (Lipinski definition) is 4. The number of ether oxygens (including phenoxy) is 1. The molecule has 2 N–H and O–H groups in total. The normalized spacial score (nSPS) is 11.9. The second-order valence-corrected chi connectivity index (χ2v) is 5.60. The van der Waals surface area contributed by atoms with Crippen LogP contribution in [0.5, 0.6) is 5.75 Å². The van der Waals surface area contributed by atoms with E-state index >= 15 is 0 Å². The van der Waals surface area contributed by atoms with Gasteiger partial charge in [-0.1, -0.05) is 12.1 Å². The number of fused-ring (bicyclic) bond motifs is 1. The summed E-state index contributed by atoms with van der Waals surface area (Å²) in [6.45, 7) is 5.98. The van der Waals surface area contributed by atoms with Gasteiger partial charge in [-0.15, -0.1) is 0 Å². The molecular weight excluding hydrogens is 288 g/mol. The Labute approximate surface area is 135 Å². The average Bonchev–Trinajstić information content (AvgIpc) is 2.95. The Morgan fingerprint density at radius 3 is 2.57 bits per heavy atom. The van der Waals surface area contributed by atoms with Crippen molar-refractivity contribution in [3.05, 3.63) is 54.1 Å². The molecule has 0 radical (unpaired) electrons. The van der Waals surface area contributed by atoms with Gasteiger partial charge in [-0.3, -0.25) is 0 Å². The summed E-state index contributed by atoms with van der Waals surface area (Å²) in [5.74, 6) is 1.49. The predicted molar refractivity (Wildman–Crippen MR) is 94.1 cm³/mol. The maximum Gasteiger partial charge on any atom is 0.222 e. The minimum atomic E-state index is 0.172. The monoisotopic (exact) mass is 308 g/mol. The van der Waals surface area contributed by atoms with E-state index in [0.717, 1.165) is 28.1 Å². The lowest BCUT2D eigenvalue weighted by atomic mass is 10.1. The van der Waals surface area contributed by atoms with Crippen LogP contribution < -0.4 is 10.2 Å². The summed E-state index contributed by atoms with van der Waals surface area (Å²) in [5.41, 5.74) is 6.78. The number of H-pyrrole nitrogens is 1. The number of nitrogens with zero attached hydrogens (tertiary/aromatic N) is 2. The molecule has 23 heavy (non-hydrogen) atoms. The van der Waals surface area contributed by atoms with Gasteiger partial charge in [0.05, 0.1) is 22.8 Å². The van der Waals surface area contributed by atoms with Crippen LogP contribution >= 0.6 is 0 Å². The number of anilines is 1. The van der Waals surface area contributed by atoms with Crippen molar-refractivity contribution in [3.8, 4) is 5.75 Å². The molecule has 0 aliphatic heterocycles. The van der Waals surface area contributed by atoms with E-state index in [0.29, 0.717) is 5.95 Å². The minimum Gasteiger partial charge on any atom is -0.491 e. The molecule has 0 saturated heterocycles. The second kappa shape index (κ2) is 6.52. The van der Waals surface area contributed by atoms with Crippen molar-refractivity contribution in [2.75, 3.05) is 5.43 Å². The van der Waals surface area contributed by atoms with Crippen molar-refractivity contribution in [1.29, 1.82) is 0 Å². The smallest absolute Gasteiger partial charge is 0.222 e. The first-order valence-electron chi connectivity index (χ1n) is 7.64. The zero-order valence-corrected chi connectivity index (χ0v) is 13.5. The number of rotatable bonds is 5. The van der Waals surface area contributed by atoms with Crippen molar-refractivity contribution >= 4 is 22.7 Å². The maximum atomic E-state index is 5.64. The summed E-state index contributed by atoms with van der Waals surface area (Å²) < 4.78 is 5.64. The van der Waals surface area contributed by atoms with Crippen LogP contribution in [0.15, 0.2) is 53.6 Å². The fraction of sp³-hybridized carbons (Fsp3) is 0.222. The van der Waals surface area contributed by atoms with Crippen molar-refractivity contribution < 1.29 is 4.74 Å². The van der Waals surface area contributed by atoms with E-state index in [2.05, 4.69) is 20.5 Å². The molecule has 0 aliphatic carbocycles. The summed E-state index contributed by atoms with van der Waals surface area (Å²) >= 11 is 0. The third-order valence-electron chi connectivity index (χ3n) is 3.36. The van der Waals surface area contributed by atoms with Gasteiger partial charge < -0.3 is 9.72 Å². The highest BCUT2D eigenvalue weighted by molar-refractivity contribution is 5.99. The molecule has 0 bridgehead atoms. The van der Waals surface area contributed by atoms with Crippen LogP contribution in [0.3, 0.4) is 0 Å². The molecule has 0 saturated carbocycles.